The number of nitrogens with zero attached hydrogens (tertiary/aromatic N) is 2. The molecule has 0 aliphatic carbocycles. The van der Waals surface area contributed by atoms with Gasteiger partial charge in [0, 0.05) is 26.2 Å². The molecule has 0 spiro atoms. The lowest BCUT2D eigenvalue weighted by Crippen LogP contribution is -2.48. The Bertz CT molecular complexity index is 773. The molecule has 0 bridgehead atoms. The maximum absolute atomic E-state index is 12.8. The highest BCUT2D eigenvalue weighted by atomic mass is 35.5. The fourth-order valence-electron chi connectivity index (χ4n) is 2.92. The van der Waals surface area contributed by atoms with Crippen molar-refractivity contribution in [3.05, 3.63) is 52.9 Å². The number of nitrogens with one attached hydrogen (secondary N) is 1. The number of carbonyl (C=O) groups excluding carboxylic acids is 1. The van der Waals surface area contributed by atoms with Crippen LogP contribution in [-0.2, 0) is 17.5 Å². The summed E-state index contributed by atoms with van der Waals surface area (Å²) >= 11 is 5.91. The third-order valence-electron chi connectivity index (χ3n) is 4.36. The minimum atomic E-state index is -4.49. The van der Waals surface area contributed by atoms with Crippen molar-refractivity contribution in [2.24, 2.45) is 0 Å². The molecule has 9 heteroatoms. The summed E-state index contributed by atoms with van der Waals surface area (Å²) in [6.45, 7) is 3.74. The van der Waals surface area contributed by atoms with Crippen LogP contribution in [0.1, 0.15) is 11.3 Å². The molecule has 2 heterocycles. The summed E-state index contributed by atoms with van der Waals surface area (Å²) in [6.07, 6.45) is -2.86. The predicted octanol–water partition coefficient (Wildman–Crippen LogP) is 3.71. The standard InChI is InChI=1S/C18H19ClF3N3O2/c19-15-4-3-13(18(20,21)22)10-16(15)23-17(26)12-25-7-5-24(6-8-25)11-14-2-1-9-27-14/h1-4,9-10H,5-8,11-12H2,(H,23,26). The average Bonchev–Trinajstić information content (AvgIpc) is 3.10. The Labute approximate surface area is 159 Å². The summed E-state index contributed by atoms with van der Waals surface area (Å²) in [4.78, 5) is 16.4. The van der Waals surface area contributed by atoms with Crippen LogP contribution in [-0.4, -0.2) is 48.4 Å². The average molecular weight is 402 g/mol. The van der Waals surface area contributed by atoms with Gasteiger partial charge in [-0.2, -0.15) is 13.2 Å². The number of carbonyl (C=O) groups is 1. The van der Waals surface area contributed by atoms with Gasteiger partial charge in [0.15, 0.2) is 0 Å². The van der Waals surface area contributed by atoms with Crippen molar-refractivity contribution in [2.75, 3.05) is 38.0 Å². The molecule has 1 aliphatic heterocycles. The van der Waals surface area contributed by atoms with Crippen molar-refractivity contribution < 1.29 is 22.4 Å². The molecular weight excluding hydrogens is 383 g/mol. The Balaban J connectivity index is 1.50. The highest BCUT2D eigenvalue weighted by Crippen LogP contribution is 2.33. The van der Waals surface area contributed by atoms with E-state index < -0.39 is 17.6 Å². The fourth-order valence-corrected chi connectivity index (χ4v) is 3.08. The molecule has 1 saturated heterocycles. The molecule has 0 atom stereocenters. The van der Waals surface area contributed by atoms with Gasteiger partial charge in [-0.05, 0) is 30.3 Å². The number of anilines is 1. The maximum Gasteiger partial charge on any atom is 0.416 e. The van der Waals surface area contributed by atoms with Crippen molar-refractivity contribution in [3.8, 4) is 0 Å². The van der Waals surface area contributed by atoms with Gasteiger partial charge in [0.05, 0.1) is 35.6 Å². The second-order valence-corrected chi connectivity index (χ2v) is 6.78. The van der Waals surface area contributed by atoms with Crippen LogP contribution in [0.15, 0.2) is 41.0 Å². The zero-order valence-corrected chi connectivity index (χ0v) is 15.2. The molecule has 1 N–H and O–H groups in total. The summed E-state index contributed by atoms with van der Waals surface area (Å²) in [7, 11) is 0. The molecule has 1 amide bonds. The highest BCUT2D eigenvalue weighted by molar-refractivity contribution is 6.33. The number of halogens is 4. The molecule has 0 saturated carbocycles. The van der Waals surface area contributed by atoms with Crippen molar-refractivity contribution in [2.45, 2.75) is 12.7 Å². The normalized spacial score (nSPS) is 16.4. The molecule has 2 aromatic rings. The second kappa shape index (κ2) is 8.33. The molecule has 1 aromatic carbocycles. The van der Waals surface area contributed by atoms with E-state index in [2.05, 4.69) is 10.2 Å². The van der Waals surface area contributed by atoms with Gasteiger partial charge in [0.2, 0.25) is 5.91 Å². The van der Waals surface area contributed by atoms with Gasteiger partial charge in [-0.25, -0.2) is 0 Å². The monoisotopic (exact) mass is 401 g/mol. The second-order valence-electron chi connectivity index (χ2n) is 6.37. The Hall–Kier alpha value is -2.03. The van der Waals surface area contributed by atoms with Crippen molar-refractivity contribution in [3.63, 3.8) is 0 Å². The minimum absolute atomic E-state index is 0.0343. The first-order chi connectivity index (χ1) is 12.8. The first kappa shape index (κ1) is 19.7. The fraction of sp³-hybridized carbons (Fsp3) is 0.389. The van der Waals surface area contributed by atoms with Crippen LogP contribution in [0.4, 0.5) is 18.9 Å². The van der Waals surface area contributed by atoms with E-state index in [1.807, 2.05) is 17.0 Å². The predicted molar refractivity (Wildman–Crippen MR) is 95.5 cm³/mol. The molecule has 1 fully saturated rings. The molecular formula is C18H19ClF3N3O2. The smallest absolute Gasteiger partial charge is 0.416 e. The van der Waals surface area contributed by atoms with Crippen LogP contribution in [0.25, 0.3) is 0 Å². The molecule has 27 heavy (non-hydrogen) atoms. The van der Waals surface area contributed by atoms with Crippen molar-refractivity contribution in [1.82, 2.24) is 9.80 Å². The van der Waals surface area contributed by atoms with Crippen molar-refractivity contribution in [1.29, 1.82) is 0 Å². The first-order valence-electron chi connectivity index (χ1n) is 8.45. The number of rotatable bonds is 5. The Morgan fingerprint density at radius 3 is 2.48 bits per heavy atom. The molecule has 0 radical (unpaired) electrons. The topological polar surface area (TPSA) is 48.7 Å². The lowest BCUT2D eigenvalue weighted by atomic mass is 10.2. The van der Waals surface area contributed by atoms with Gasteiger partial charge in [0.1, 0.15) is 5.76 Å². The molecule has 5 nitrogen and oxygen atoms in total. The zero-order chi connectivity index (χ0) is 19.4. The third-order valence-corrected chi connectivity index (χ3v) is 4.69. The largest absolute Gasteiger partial charge is 0.468 e. The molecule has 0 unspecified atom stereocenters. The summed E-state index contributed by atoms with van der Waals surface area (Å²) in [6, 6.07) is 6.62. The number of piperazine rings is 1. The van der Waals surface area contributed by atoms with Crippen molar-refractivity contribution >= 4 is 23.2 Å². The summed E-state index contributed by atoms with van der Waals surface area (Å²) in [5.41, 5.74) is -0.887. The van der Waals surface area contributed by atoms with E-state index in [9.17, 15) is 18.0 Å². The van der Waals surface area contributed by atoms with Gasteiger partial charge < -0.3 is 9.73 Å². The summed E-state index contributed by atoms with van der Waals surface area (Å²) < 4.78 is 43.7. The molecule has 146 valence electrons. The highest BCUT2D eigenvalue weighted by Gasteiger charge is 2.31. The third kappa shape index (κ3) is 5.47. The van der Waals surface area contributed by atoms with E-state index in [1.165, 1.54) is 0 Å². The molecule has 3 rings (SSSR count). The summed E-state index contributed by atoms with van der Waals surface area (Å²) in [5, 5.41) is 2.55. The van der Waals surface area contributed by atoms with Crippen LogP contribution in [0.2, 0.25) is 5.02 Å². The number of furan rings is 1. The van der Waals surface area contributed by atoms with Gasteiger partial charge in [0.25, 0.3) is 0 Å². The number of amides is 1. The number of hydrogen-bond acceptors (Lipinski definition) is 4. The van der Waals surface area contributed by atoms with Crippen LogP contribution in [0.5, 0.6) is 0 Å². The van der Waals surface area contributed by atoms with Crippen LogP contribution >= 0.6 is 11.6 Å². The van der Waals surface area contributed by atoms with Crippen LogP contribution in [0, 0.1) is 0 Å². The summed E-state index contributed by atoms with van der Waals surface area (Å²) in [5.74, 6) is 0.496. The Morgan fingerprint density at radius 2 is 1.85 bits per heavy atom. The van der Waals surface area contributed by atoms with E-state index in [-0.39, 0.29) is 17.3 Å². The Morgan fingerprint density at radius 1 is 1.15 bits per heavy atom. The quantitative estimate of drug-likeness (QED) is 0.829. The number of alkyl halides is 3. The maximum atomic E-state index is 12.8. The molecule has 1 aliphatic rings. The van der Waals surface area contributed by atoms with Crippen LogP contribution in [0.3, 0.4) is 0 Å². The van der Waals surface area contributed by atoms with Gasteiger partial charge >= 0.3 is 6.18 Å². The zero-order valence-electron chi connectivity index (χ0n) is 14.4. The van der Waals surface area contributed by atoms with Gasteiger partial charge in [-0.1, -0.05) is 11.6 Å². The van der Waals surface area contributed by atoms with E-state index >= 15 is 0 Å². The van der Waals surface area contributed by atoms with Crippen LogP contribution < -0.4 is 5.32 Å². The SMILES string of the molecule is O=C(CN1CCN(Cc2ccco2)CC1)Nc1cc(C(F)(F)F)ccc1Cl. The van der Waals surface area contributed by atoms with Gasteiger partial charge in [-0.15, -0.1) is 0 Å². The van der Waals surface area contributed by atoms with E-state index in [4.69, 9.17) is 16.0 Å². The molecule has 1 aromatic heterocycles. The lowest BCUT2D eigenvalue weighted by molar-refractivity contribution is -0.137. The first-order valence-corrected chi connectivity index (χ1v) is 8.83. The van der Waals surface area contributed by atoms with Gasteiger partial charge in [-0.3, -0.25) is 14.6 Å². The number of benzene rings is 1. The lowest BCUT2D eigenvalue weighted by Gasteiger charge is -2.33. The van der Waals surface area contributed by atoms with E-state index in [0.717, 1.165) is 37.0 Å². The Kier molecular flexibility index (Phi) is 6.08. The number of hydrogen-bond donors (Lipinski definition) is 1. The van der Waals surface area contributed by atoms with E-state index in [0.29, 0.717) is 19.6 Å². The minimum Gasteiger partial charge on any atom is -0.468 e. The van der Waals surface area contributed by atoms with E-state index in [1.54, 1.807) is 6.26 Å².